The first-order chi connectivity index (χ1) is 14.4. The third kappa shape index (κ3) is 6.52. The van der Waals surface area contributed by atoms with Crippen molar-refractivity contribution in [2.75, 3.05) is 11.9 Å². The van der Waals surface area contributed by atoms with E-state index in [4.69, 9.17) is 27.9 Å². The molecule has 30 heavy (non-hydrogen) atoms. The normalized spacial score (nSPS) is 11.1. The van der Waals surface area contributed by atoms with Crippen LogP contribution in [0.5, 0.6) is 5.75 Å². The van der Waals surface area contributed by atoms with E-state index < -0.39 is 5.91 Å². The molecule has 0 aliphatic carbocycles. The highest BCUT2D eigenvalue weighted by Crippen LogP contribution is 2.35. The third-order valence-electron chi connectivity index (χ3n) is 4.79. The first kappa shape index (κ1) is 23.8. The van der Waals surface area contributed by atoms with Gasteiger partial charge in [-0.25, -0.2) is 0 Å². The molecular formula is C24H26Cl2N2O2. The van der Waals surface area contributed by atoms with Crippen LogP contribution in [0.25, 0.3) is 6.08 Å². The molecule has 2 aromatic rings. The molecule has 0 saturated heterocycles. The zero-order valence-electron chi connectivity index (χ0n) is 17.5. The van der Waals surface area contributed by atoms with Crippen LogP contribution in [0.4, 0.5) is 5.69 Å². The minimum Gasteiger partial charge on any atom is -0.490 e. The predicted octanol–water partition coefficient (Wildman–Crippen LogP) is 7.12. The molecule has 0 radical (unpaired) electrons. The van der Waals surface area contributed by atoms with Gasteiger partial charge in [-0.3, -0.25) is 4.79 Å². The Bertz CT molecular complexity index is 955. The number of hydrogen-bond acceptors (Lipinski definition) is 3. The minimum atomic E-state index is -0.491. The molecule has 2 rings (SSSR count). The number of anilines is 1. The Morgan fingerprint density at radius 3 is 2.50 bits per heavy atom. The number of amides is 1. The van der Waals surface area contributed by atoms with Crippen molar-refractivity contribution >= 4 is 40.9 Å². The lowest BCUT2D eigenvalue weighted by Crippen LogP contribution is -2.14. The molecule has 6 heteroatoms. The number of unbranched alkanes of at least 4 members (excludes halogenated alkanes) is 3. The molecule has 0 bridgehead atoms. The van der Waals surface area contributed by atoms with Crippen molar-refractivity contribution in [3.05, 3.63) is 62.6 Å². The molecule has 1 amide bonds. The number of benzene rings is 2. The van der Waals surface area contributed by atoms with Gasteiger partial charge in [0, 0.05) is 5.69 Å². The summed E-state index contributed by atoms with van der Waals surface area (Å²) < 4.78 is 5.72. The van der Waals surface area contributed by atoms with E-state index in [-0.39, 0.29) is 5.57 Å². The van der Waals surface area contributed by atoms with Gasteiger partial charge in [-0.15, -0.1) is 0 Å². The Morgan fingerprint density at radius 1 is 1.17 bits per heavy atom. The number of halogens is 2. The number of nitrogens with zero attached hydrogens (tertiary/aromatic N) is 1. The molecule has 0 spiro atoms. The summed E-state index contributed by atoms with van der Waals surface area (Å²) in [6.07, 6.45) is 5.80. The van der Waals surface area contributed by atoms with Gasteiger partial charge in [0.05, 0.1) is 16.7 Å². The van der Waals surface area contributed by atoms with E-state index in [9.17, 15) is 10.1 Å². The lowest BCUT2D eigenvalue weighted by atomic mass is 10.1. The molecule has 158 valence electrons. The summed E-state index contributed by atoms with van der Waals surface area (Å²) in [5.41, 5.74) is 3.19. The van der Waals surface area contributed by atoms with E-state index in [2.05, 4.69) is 12.2 Å². The van der Waals surface area contributed by atoms with Crippen molar-refractivity contribution < 1.29 is 9.53 Å². The second-order valence-corrected chi connectivity index (χ2v) is 7.91. The number of carbonyl (C=O) groups excluding carboxylic acids is 1. The highest BCUT2D eigenvalue weighted by Gasteiger charge is 2.14. The van der Waals surface area contributed by atoms with Gasteiger partial charge >= 0.3 is 0 Å². The fraction of sp³-hybridized carbons (Fsp3) is 0.333. The average Bonchev–Trinajstić information content (AvgIpc) is 2.71. The molecule has 0 saturated carbocycles. The van der Waals surface area contributed by atoms with Gasteiger partial charge in [0.1, 0.15) is 11.6 Å². The van der Waals surface area contributed by atoms with Crippen LogP contribution in [0.3, 0.4) is 0 Å². The maximum Gasteiger partial charge on any atom is 0.266 e. The van der Waals surface area contributed by atoms with Crippen molar-refractivity contribution in [3.8, 4) is 11.8 Å². The van der Waals surface area contributed by atoms with Crippen molar-refractivity contribution in [2.45, 2.75) is 46.5 Å². The van der Waals surface area contributed by atoms with Crippen molar-refractivity contribution in [3.63, 3.8) is 0 Å². The maximum atomic E-state index is 12.6. The van der Waals surface area contributed by atoms with Crippen LogP contribution in [0, 0.1) is 25.2 Å². The molecule has 0 unspecified atom stereocenters. The van der Waals surface area contributed by atoms with Crippen LogP contribution >= 0.6 is 23.2 Å². The number of nitrogens with one attached hydrogen (secondary N) is 1. The molecule has 2 aromatic carbocycles. The second-order valence-electron chi connectivity index (χ2n) is 7.09. The predicted molar refractivity (Wildman–Crippen MR) is 124 cm³/mol. The standard InChI is InChI=1S/C24H26Cl2N2O2/c1-4-5-6-7-11-30-23-20(25)13-18(14-21(23)26)12-19(15-27)24(29)28-22-10-8-9-16(2)17(22)3/h8-10,12-14H,4-7,11H2,1-3H3,(H,28,29)/b19-12-. The number of aryl methyl sites for hydroxylation is 1. The van der Waals surface area contributed by atoms with E-state index in [1.54, 1.807) is 18.2 Å². The average molecular weight is 445 g/mol. The summed E-state index contributed by atoms with van der Waals surface area (Å²) in [4.78, 5) is 12.6. The molecule has 4 nitrogen and oxygen atoms in total. The van der Waals surface area contributed by atoms with Gasteiger partial charge in [0.2, 0.25) is 0 Å². The van der Waals surface area contributed by atoms with Gasteiger partial charge in [-0.2, -0.15) is 5.26 Å². The quantitative estimate of drug-likeness (QED) is 0.254. The largest absolute Gasteiger partial charge is 0.490 e. The first-order valence-electron chi connectivity index (χ1n) is 9.98. The number of nitriles is 1. The fourth-order valence-corrected chi connectivity index (χ4v) is 3.51. The molecule has 1 N–H and O–H groups in total. The number of hydrogen-bond donors (Lipinski definition) is 1. The van der Waals surface area contributed by atoms with Crippen LogP contribution in [-0.2, 0) is 4.79 Å². The minimum absolute atomic E-state index is 0.0451. The lowest BCUT2D eigenvalue weighted by molar-refractivity contribution is -0.112. The van der Waals surface area contributed by atoms with E-state index >= 15 is 0 Å². The molecule has 0 fully saturated rings. The first-order valence-corrected chi connectivity index (χ1v) is 10.7. The Morgan fingerprint density at radius 2 is 1.87 bits per heavy atom. The van der Waals surface area contributed by atoms with Gasteiger partial charge < -0.3 is 10.1 Å². The molecule has 0 heterocycles. The summed E-state index contributed by atoms with van der Waals surface area (Å²) in [6, 6.07) is 10.8. The van der Waals surface area contributed by atoms with Gasteiger partial charge in [-0.1, -0.05) is 61.5 Å². The number of carbonyl (C=O) groups is 1. The monoisotopic (exact) mass is 444 g/mol. The van der Waals surface area contributed by atoms with Crippen molar-refractivity contribution in [1.29, 1.82) is 5.26 Å². The van der Waals surface area contributed by atoms with Crippen molar-refractivity contribution in [1.82, 2.24) is 0 Å². The SMILES string of the molecule is CCCCCCOc1c(Cl)cc(/C=C(/C#N)C(=O)Nc2cccc(C)c2C)cc1Cl. The van der Waals surface area contributed by atoms with Crippen LogP contribution in [0.15, 0.2) is 35.9 Å². The fourth-order valence-electron chi connectivity index (χ4n) is 2.90. The van der Waals surface area contributed by atoms with Gasteiger partial charge in [0.15, 0.2) is 5.75 Å². The van der Waals surface area contributed by atoms with Crippen LogP contribution < -0.4 is 10.1 Å². The molecule has 0 aliphatic rings. The van der Waals surface area contributed by atoms with Gasteiger partial charge in [0.25, 0.3) is 5.91 Å². The molecular weight excluding hydrogens is 419 g/mol. The third-order valence-corrected chi connectivity index (χ3v) is 5.36. The Balaban J connectivity index is 2.16. The van der Waals surface area contributed by atoms with E-state index in [1.807, 2.05) is 32.0 Å². The zero-order chi connectivity index (χ0) is 22.1. The zero-order valence-corrected chi connectivity index (χ0v) is 19.0. The molecule has 0 aliphatic heterocycles. The Hall–Kier alpha value is -2.48. The molecule has 0 aromatic heterocycles. The van der Waals surface area contributed by atoms with E-state index in [0.717, 1.165) is 36.8 Å². The summed E-state index contributed by atoms with van der Waals surface area (Å²) in [6.45, 7) is 6.57. The summed E-state index contributed by atoms with van der Waals surface area (Å²) in [5.74, 6) is -0.0694. The summed E-state index contributed by atoms with van der Waals surface area (Å²) in [5, 5.41) is 12.9. The summed E-state index contributed by atoms with van der Waals surface area (Å²) >= 11 is 12.7. The van der Waals surface area contributed by atoms with Crippen molar-refractivity contribution in [2.24, 2.45) is 0 Å². The van der Waals surface area contributed by atoms with Gasteiger partial charge in [-0.05, 0) is 61.2 Å². The number of ether oxygens (including phenoxy) is 1. The van der Waals surface area contributed by atoms with Crippen LogP contribution in [-0.4, -0.2) is 12.5 Å². The topological polar surface area (TPSA) is 62.1 Å². The number of rotatable bonds is 9. The summed E-state index contributed by atoms with van der Waals surface area (Å²) in [7, 11) is 0. The maximum absolute atomic E-state index is 12.6. The Labute approximate surface area is 188 Å². The highest BCUT2D eigenvalue weighted by atomic mass is 35.5. The Kier molecular flexibility index (Phi) is 9.23. The highest BCUT2D eigenvalue weighted by molar-refractivity contribution is 6.37. The molecule has 0 atom stereocenters. The van der Waals surface area contributed by atoms with Crippen LogP contribution in [0.1, 0.15) is 49.3 Å². The van der Waals surface area contributed by atoms with E-state index in [1.165, 1.54) is 6.08 Å². The smallest absolute Gasteiger partial charge is 0.266 e. The second kappa shape index (κ2) is 11.6. The van der Waals surface area contributed by atoms with Crippen LogP contribution in [0.2, 0.25) is 10.0 Å². The van der Waals surface area contributed by atoms with E-state index in [0.29, 0.717) is 33.7 Å². The lowest BCUT2D eigenvalue weighted by Gasteiger charge is -2.11.